The molecule has 0 aromatic heterocycles. The fourth-order valence-corrected chi connectivity index (χ4v) is 3.12. The molecule has 0 radical (unpaired) electrons. The first-order chi connectivity index (χ1) is 11.0. The summed E-state index contributed by atoms with van der Waals surface area (Å²) >= 11 is 2.23. The monoisotopic (exact) mass is 422 g/mol. The molecule has 1 amide bonds. The van der Waals surface area contributed by atoms with Gasteiger partial charge in [0.2, 0.25) is 5.91 Å². The minimum absolute atomic E-state index is 0.0656. The fourth-order valence-electron chi connectivity index (χ4n) is 2.47. The highest BCUT2D eigenvalue weighted by molar-refractivity contribution is 14.1. The van der Waals surface area contributed by atoms with Crippen LogP contribution in [0.3, 0.4) is 0 Å². The summed E-state index contributed by atoms with van der Waals surface area (Å²) in [4.78, 5) is 25.7. The molecule has 118 valence electrons. The van der Waals surface area contributed by atoms with E-state index in [0.29, 0.717) is 5.75 Å². The molecule has 0 fully saturated rings. The number of hydrogen-bond acceptors (Lipinski definition) is 4. The molecule has 6 heteroatoms. The van der Waals surface area contributed by atoms with Crippen molar-refractivity contribution in [2.24, 2.45) is 0 Å². The van der Waals surface area contributed by atoms with E-state index in [0.717, 1.165) is 20.5 Å². The van der Waals surface area contributed by atoms with Crippen LogP contribution in [-0.4, -0.2) is 25.0 Å². The number of anilines is 2. The number of nitrogens with zero attached hydrogens (tertiary/aromatic N) is 1. The Balaban J connectivity index is 1.74. The van der Waals surface area contributed by atoms with E-state index < -0.39 is 0 Å². The average molecular weight is 422 g/mol. The summed E-state index contributed by atoms with van der Waals surface area (Å²) in [7, 11) is 0. The molecular weight excluding hydrogens is 407 g/mol. The van der Waals surface area contributed by atoms with Gasteiger partial charge in [-0.2, -0.15) is 0 Å². The van der Waals surface area contributed by atoms with Gasteiger partial charge in [0.05, 0.1) is 12.2 Å². The van der Waals surface area contributed by atoms with Crippen LogP contribution >= 0.6 is 22.6 Å². The summed E-state index contributed by atoms with van der Waals surface area (Å²) in [6.45, 7) is 2.11. The molecule has 2 aromatic carbocycles. The SMILES string of the molecule is Cc1cc(I)ccc1NC(=O)CN1CC(=O)Oc2ccccc21. The van der Waals surface area contributed by atoms with Gasteiger partial charge in [0.15, 0.2) is 5.75 Å². The molecule has 23 heavy (non-hydrogen) atoms. The zero-order valence-corrected chi connectivity index (χ0v) is 14.7. The summed E-state index contributed by atoms with van der Waals surface area (Å²) in [5.41, 5.74) is 2.54. The Bertz CT molecular complexity index is 776. The van der Waals surface area contributed by atoms with Crippen molar-refractivity contribution in [1.82, 2.24) is 0 Å². The lowest BCUT2D eigenvalue weighted by Gasteiger charge is -2.29. The lowest BCUT2D eigenvalue weighted by molar-refractivity contribution is -0.133. The third-order valence-corrected chi connectivity index (χ3v) is 4.22. The summed E-state index contributed by atoms with van der Waals surface area (Å²) in [6, 6.07) is 13.0. The van der Waals surface area contributed by atoms with Crippen LogP contribution in [0.4, 0.5) is 11.4 Å². The zero-order valence-electron chi connectivity index (χ0n) is 12.5. The highest BCUT2D eigenvalue weighted by Crippen LogP contribution is 2.31. The second-order valence-corrected chi connectivity index (χ2v) is 6.55. The molecule has 0 unspecified atom stereocenters. The van der Waals surface area contributed by atoms with Crippen molar-refractivity contribution >= 4 is 45.8 Å². The second-order valence-electron chi connectivity index (χ2n) is 5.31. The minimum atomic E-state index is -0.359. The summed E-state index contributed by atoms with van der Waals surface area (Å²) in [6.07, 6.45) is 0. The molecule has 0 saturated heterocycles. The Morgan fingerprint density at radius 3 is 2.87 bits per heavy atom. The third-order valence-electron chi connectivity index (χ3n) is 3.55. The van der Waals surface area contributed by atoms with Crippen LogP contribution in [-0.2, 0) is 9.59 Å². The lowest BCUT2D eigenvalue weighted by atomic mass is 10.2. The molecule has 5 nitrogen and oxygen atoms in total. The van der Waals surface area contributed by atoms with E-state index in [1.807, 2.05) is 37.3 Å². The Morgan fingerprint density at radius 1 is 1.30 bits per heavy atom. The molecule has 2 aromatic rings. The maximum atomic E-state index is 12.3. The predicted octanol–water partition coefficient (Wildman–Crippen LogP) is 2.96. The molecule has 0 atom stereocenters. The number of carbonyl (C=O) groups excluding carboxylic acids is 2. The number of aryl methyl sites for hydroxylation is 1. The molecule has 0 spiro atoms. The largest absolute Gasteiger partial charge is 0.423 e. The molecular formula is C17H15IN2O3. The van der Waals surface area contributed by atoms with Crippen molar-refractivity contribution in [3.8, 4) is 5.75 Å². The maximum absolute atomic E-state index is 12.3. The van der Waals surface area contributed by atoms with Gasteiger partial charge in [-0.15, -0.1) is 0 Å². The van der Waals surface area contributed by atoms with Gasteiger partial charge in [-0.3, -0.25) is 4.79 Å². The van der Waals surface area contributed by atoms with Crippen LogP contribution in [0.5, 0.6) is 5.75 Å². The van der Waals surface area contributed by atoms with Gasteiger partial charge in [0, 0.05) is 9.26 Å². The van der Waals surface area contributed by atoms with Crippen molar-refractivity contribution < 1.29 is 14.3 Å². The molecule has 1 heterocycles. The number of para-hydroxylation sites is 2. The highest BCUT2D eigenvalue weighted by Gasteiger charge is 2.25. The Hall–Kier alpha value is -2.09. The minimum Gasteiger partial charge on any atom is -0.423 e. The lowest BCUT2D eigenvalue weighted by Crippen LogP contribution is -2.41. The highest BCUT2D eigenvalue weighted by atomic mass is 127. The number of nitrogens with one attached hydrogen (secondary N) is 1. The first kappa shape index (κ1) is 15.8. The number of carbonyl (C=O) groups is 2. The predicted molar refractivity (Wildman–Crippen MR) is 96.8 cm³/mol. The average Bonchev–Trinajstić information content (AvgIpc) is 2.50. The van der Waals surface area contributed by atoms with Crippen molar-refractivity contribution in [3.05, 3.63) is 51.6 Å². The quantitative estimate of drug-likeness (QED) is 0.470. The van der Waals surface area contributed by atoms with Gasteiger partial charge in [0.1, 0.15) is 6.54 Å². The number of esters is 1. The number of ether oxygens (including phenoxy) is 1. The third kappa shape index (κ3) is 3.64. The van der Waals surface area contributed by atoms with Gasteiger partial charge in [-0.05, 0) is 65.4 Å². The van der Waals surface area contributed by atoms with E-state index in [9.17, 15) is 9.59 Å². The van der Waals surface area contributed by atoms with Crippen molar-refractivity contribution in [1.29, 1.82) is 0 Å². The molecule has 0 aliphatic carbocycles. The van der Waals surface area contributed by atoms with Gasteiger partial charge < -0.3 is 15.0 Å². The fraction of sp³-hybridized carbons (Fsp3) is 0.176. The van der Waals surface area contributed by atoms with Crippen LogP contribution in [0.15, 0.2) is 42.5 Å². The smallest absolute Gasteiger partial charge is 0.331 e. The van der Waals surface area contributed by atoms with Crippen LogP contribution in [0.1, 0.15) is 5.56 Å². The number of halogens is 1. The van der Waals surface area contributed by atoms with E-state index >= 15 is 0 Å². The second kappa shape index (κ2) is 6.57. The molecule has 0 bridgehead atoms. The number of rotatable bonds is 3. The van der Waals surface area contributed by atoms with Crippen molar-refractivity contribution in [2.45, 2.75) is 6.92 Å². The number of fused-ring (bicyclic) bond motifs is 1. The number of amides is 1. The summed E-state index contributed by atoms with van der Waals surface area (Å²) in [5.74, 6) is -0.0391. The Morgan fingerprint density at radius 2 is 2.09 bits per heavy atom. The number of benzene rings is 2. The summed E-state index contributed by atoms with van der Waals surface area (Å²) in [5, 5.41) is 2.89. The molecule has 0 saturated carbocycles. The van der Waals surface area contributed by atoms with Gasteiger partial charge in [-0.25, -0.2) is 4.79 Å². The van der Waals surface area contributed by atoms with Crippen molar-refractivity contribution in [3.63, 3.8) is 0 Å². The van der Waals surface area contributed by atoms with E-state index in [1.165, 1.54) is 0 Å². The van der Waals surface area contributed by atoms with Crippen LogP contribution < -0.4 is 15.0 Å². The molecule has 1 N–H and O–H groups in total. The standard InChI is InChI=1S/C17H15IN2O3/c1-11-8-12(18)6-7-13(11)19-16(21)9-20-10-17(22)23-15-5-3-2-4-14(15)20/h2-8H,9-10H2,1H3,(H,19,21). The zero-order chi connectivity index (χ0) is 16.4. The normalized spacial score (nSPS) is 13.3. The number of hydrogen-bond donors (Lipinski definition) is 1. The maximum Gasteiger partial charge on any atom is 0.331 e. The first-order valence-corrected chi connectivity index (χ1v) is 8.21. The van der Waals surface area contributed by atoms with E-state index in [4.69, 9.17) is 4.74 Å². The van der Waals surface area contributed by atoms with E-state index in [1.54, 1.807) is 17.0 Å². The van der Waals surface area contributed by atoms with E-state index in [2.05, 4.69) is 27.9 Å². The van der Waals surface area contributed by atoms with Gasteiger partial charge in [0.25, 0.3) is 0 Å². The van der Waals surface area contributed by atoms with E-state index in [-0.39, 0.29) is 25.0 Å². The van der Waals surface area contributed by atoms with Crippen LogP contribution in [0, 0.1) is 10.5 Å². The Labute approximate surface area is 147 Å². The molecule has 1 aliphatic rings. The molecule has 3 rings (SSSR count). The summed E-state index contributed by atoms with van der Waals surface area (Å²) < 4.78 is 6.30. The van der Waals surface area contributed by atoms with Gasteiger partial charge in [-0.1, -0.05) is 12.1 Å². The van der Waals surface area contributed by atoms with Gasteiger partial charge >= 0.3 is 5.97 Å². The first-order valence-electron chi connectivity index (χ1n) is 7.13. The topological polar surface area (TPSA) is 58.6 Å². The molecule has 1 aliphatic heterocycles. The van der Waals surface area contributed by atoms with Crippen LogP contribution in [0.25, 0.3) is 0 Å². The van der Waals surface area contributed by atoms with Crippen LogP contribution in [0.2, 0.25) is 0 Å². The Kier molecular flexibility index (Phi) is 4.51. The van der Waals surface area contributed by atoms with Crippen molar-refractivity contribution in [2.75, 3.05) is 23.3 Å².